The Morgan fingerprint density at radius 3 is 2.44 bits per heavy atom. The summed E-state index contributed by atoms with van der Waals surface area (Å²) in [6.07, 6.45) is 0.484. The van der Waals surface area contributed by atoms with Gasteiger partial charge in [-0.25, -0.2) is 9.48 Å². The third-order valence-corrected chi connectivity index (χ3v) is 4.90. The molecule has 0 amide bonds. The molecular formula is C22H22N6O4. The Morgan fingerprint density at radius 2 is 1.78 bits per heavy atom. The molecule has 2 aromatic heterocycles. The van der Waals surface area contributed by atoms with Gasteiger partial charge in [0.15, 0.2) is 11.4 Å². The maximum Gasteiger partial charge on any atom is 0.359 e. The SMILES string of the molecule is COC(=O)c1c(-c2nnc([C@](C)(N)Cc3ccccc3)o2)nnn1-c1ccc(OC)cc1. The molecule has 0 aliphatic carbocycles. The highest BCUT2D eigenvalue weighted by Gasteiger charge is 2.32. The zero-order chi connectivity index (χ0) is 22.7. The fourth-order valence-electron chi connectivity index (χ4n) is 3.26. The third kappa shape index (κ3) is 4.08. The number of carbonyl (C=O) groups is 1. The van der Waals surface area contributed by atoms with E-state index in [1.807, 2.05) is 30.3 Å². The molecule has 0 bridgehead atoms. The molecule has 32 heavy (non-hydrogen) atoms. The van der Waals surface area contributed by atoms with Crippen molar-refractivity contribution < 1.29 is 18.7 Å². The summed E-state index contributed by atoms with van der Waals surface area (Å²) in [4.78, 5) is 12.6. The average molecular weight is 434 g/mol. The second-order valence-corrected chi connectivity index (χ2v) is 7.38. The lowest BCUT2D eigenvalue weighted by Gasteiger charge is -2.19. The van der Waals surface area contributed by atoms with E-state index in [0.717, 1.165) is 5.56 Å². The van der Waals surface area contributed by atoms with Gasteiger partial charge in [-0.05, 0) is 43.2 Å². The van der Waals surface area contributed by atoms with Crippen LogP contribution in [0.1, 0.15) is 28.9 Å². The number of esters is 1. The first-order valence-electron chi connectivity index (χ1n) is 9.78. The summed E-state index contributed by atoms with van der Waals surface area (Å²) >= 11 is 0. The molecule has 10 heteroatoms. The molecule has 10 nitrogen and oxygen atoms in total. The molecule has 0 aliphatic rings. The summed E-state index contributed by atoms with van der Waals surface area (Å²) < 4.78 is 17.3. The van der Waals surface area contributed by atoms with Gasteiger partial charge in [0.1, 0.15) is 5.75 Å². The minimum atomic E-state index is -0.927. The largest absolute Gasteiger partial charge is 0.497 e. The molecular weight excluding hydrogens is 412 g/mol. The number of rotatable bonds is 7. The lowest BCUT2D eigenvalue weighted by molar-refractivity contribution is 0.0591. The number of nitrogens with zero attached hydrogens (tertiary/aromatic N) is 5. The quantitative estimate of drug-likeness (QED) is 0.436. The molecule has 0 spiro atoms. The van der Waals surface area contributed by atoms with E-state index in [4.69, 9.17) is 19.6 Å². The van der Waals surface area contributed by atoms with E-state index in [1.165, 1.54) is 11.8 Å². The van der Waals surface area contributed by atoms with Gasteiger partial charge >= 0.3 is 5.97 Å². The van der Waals surface area contributed by atoms with E-state index in [9.17, 15) is 4.79 Å². The van der Waals surface area contributed by atoms with Crippen LogP contribution in [0.4, 0.5) is 0 Å². The molecule has 164 valence electrons. The second-order valence-electron chi connectivity index (χ2n) is 7.38. The molecule has 0 fully saturated rings. The van der Waals surface area contributed by atoms with Crippen LogP contribution in [0.5, 0.6) is 5.75 Å². The van der Waals surface area contributed by atoms with E-state index >= 15 is 0 Å². The normalized spacial score (nSPS) is 12.9. The minimum absolute atomic E-state index is 0.0184. The van der Waals surface area contributed by atoms with Crippen molar-refractivity contribution in [1.82, 2.24) is 25.2 Å². The van der Waals surface area contributed by atoms with Crippen LogP contribution in [-0.4, -0.2) is 45.4 Å². The van der Waals surface area contributed by atoms with Crippen LogP contribution in [0.15, 0.2) is 59.0 Å². The van der Waals surface area contributed by atoms with Crippen LogP contribution >= 0.6 is 0 Å². The molecule has 4 rings (SSSR count). The first-order valence-corrected chi connectivity index (χ1v) is 9.78. The predicted octanol–water partition coefficient (Wildman–Crippen LogP) is 2.53. The van der Waals surface area contributed by atoms with E-state index in [2.05, 4.69) is 20.5 Å². The lowest BCUT2D eigenvalue weighted by Crippen LogP contribution is -2.35. The molecule has 0 saturated carbocycles. The van der Waals surface area contributed by atoms with Crippen molar-refractivity contribution in [1.29, 1.82) is 0 Å². The van der Waals surface area contributed by atoms with Gasteiger partial charge in [-0.1, -0.05) is 35.5 Å². The predicted molar refractivity (Wildman–Crippen MR) is 114 cm³/mol. The van der Waals surface area contributed by atoms with Gasteiger partial charge in [-0.15, -0.1) is 15.3 Å². The number of benzene rings is 2. The highest BCUT2D eigenvalue weighted by molar-refractivity contribution is 5.93. The fourth-order valence-corrected chi connectivity index (χ4v) is 3.26. The van der Waals surface area contributed by atoms with Crippen LogP contribution in [-0.2, 0) is 16.7 Å². The van der Waals surface area contributed by atoms with E-state index in [1.54, 1.807) is 38.3 Å². The molecule has 2 N–H and O–H groups in total. The van der Waals surface area contributed by atoms with Crippen molar-refractivity contribution in [2.75, 3.05) is 14.2 Å². The summed E-state index contributed by atoms with van der Waals surface area (Å²) in [6, 6.07) is 16.7. The van der Waals surface area contributed by atoms with Crippen molar-refractivity contribution in [2.45, 2.75) is 18.9 Å². The molecule has 2 aromatic carbocycles. The van der Waals surface area contributed by atoms with Crippen LogP contribution in [0, 0.1) is 0 Å². The van der Waals surface area contributed by atoms with Crippen molar-refractivity contribution in [3.63, 3.8) is 0 Å². The number of nitrogens with two attached hydrogens (primary N) is 1. The fraction of sp³-hybridized carbons (Fsp3) is 0.227. The topological polar surface area (TPSA) is 131 Å². The molecule has 2 heterocycles. The molecule has 0 radical (unpaired) electrons. The van der Waals surface area contributed by atoms with E-state index in [-0.39, 0.29) is 23.2 Å². The number of hydrogen-bond acceptors (Lipinski definition) is 9. The second kappa shape index (κ2) is 8.60. The van der Waals surface area contributed by atoms with Crippen molar-refractivity contribution in [3.8, 4) is 23.0 Å². The van der Waals surface area contributed by atoms with Gasteiger partial charge in [-0.2, -0.15) is 0 Å². The summed E-state index contributed by atoms with van der Waals surface area (Å²) in [7, 11) is 2.84. The first kappa shape index (κ1) is 21.2. The van der Waals surface area contributed by atoms with Gasteiger partial charge in [0.2, 0.25) is 5.89 Å². The summed E-state index contributed by atoms with van der Waals surface area (Å²) in [5, 5.41) is 16.4. The first-order chi connectivity index (χ1) is 15.4. The zero-order valence-corrected chi connectivity index (χ0v) is 17.8. The number of hydrogen-bond donors (Lipinski definition) is 1. The number of carbonyl (C=O) groups excluding carboxylic acids is 1. The summed E-state index contributed by atoms with van der Waals surface area (Å²) in [5.41, 5.74) is 7.30. The number of ether oxygens (including phenoxy) is 2. The highest BCUT2D eigenvalue weighted by atomic mass is 16.5. The minimum Gasteiger partial charge on any atom is -0.497 e. The monoisotopic (exact) mass is 434 g/mol. The Kier molecular flexibility index (Phi) is 5.69. The maximum absolute atomic E-state index is 12.6. The Balaban J connectivity index is 1.70. The van der Waals surface area contributed by atoms with Crippen LogP contribution in [0.2, 0.25) is 0 Å². The molecule has 1 atom stereocenters. The number of methoxy groups -OCH3 is 2. The maximum atomic E-state index is 12.6. The summed E-state index contributed by atoms with van der Waals surface area (Å²) in [6.45, 7) is 1.80. The zero-order valence-electron chi connectivity index (χ0n) is 17.8. The Labute approximate surface area is 184 Å². The average Bonchev–Trinajstić information content (AvgIpc) is 3.47. The molecule has 0 unspecified atom stereocenters. The van der Waals surface area contributed by atoms with Gasteiger partial charge in [0.05, 0.1) is 25.4 Å². The van der Waals surface area contributed by atoms with Gasteiger partial charge in [0.25, 0.3) is 5.89 Å². The van der Waals surface area contributed by atoms with Crippen molar-refractivity contribution >= 4 is 5.97 Å². The lowest BCUT2D eigenvalue weighted by atomic mass is 9.94. The Morgan fingerprint density at radius 1 is 1.06 bits per heavy atom. The Bertz CT molecular complexity index is 1210. The van der Waals surface area contributed by atoms with E-state index in [0.29, 0.717) is 17.9 Å². The smallest absolute Gasteiger partial charge is 0.359 e. The van der Waals surface area contributed by atoms with Crippen LogP contribution in [0.25, 0.3) is 17.3 Å². The van der Waals surface area contributed by atoms with E-state index < -0.39 is 11.5 Å². The van der Waals surface area contributed by atoms with Crippen LogP contribution in [0.3, 0.4) is 0 Å². The number of aromatic nitrogens is 5. The van der Waals surface area contributed by atoms with Crippen molar-refractivity contribution in [2.24, 2.45) is 5.73 Å². The molecule has 4 aromatic rings. The van der Waals surface area contributed by atoms with Gasteiger partial charge < -0.3 is 19.6 Å². The van der Waals surface area contributed by atoms with Gasteiger partial charge in [0, 0.05) is 0 Å². The molecule has 0 saturated heterocycles. The van der Waals surface area contributed by atoms with Crippen LogP contribution < -0.4 is 10.5 Å². The van der Waals surface area contributed by atoms with Gasteiger partial charge in [-0.3, -0.25) is 0 Å². The van der Waals surface area contributed by atoms with Crippen molar-refractivity contribution in [3.05, 3.63) is 71.7 Å². The Hall–Kier alpha value is -4.05. The standard InChI is InChI=1S/C22H22N6O4/c1-22(23,13-14-7-5-4-6-8-14)21-26-25-19(32-21)17-18(20(29)31-3)28(27-24-17)15-9-11-16(30-2)12-10-15/h4-12H,13,23H2,1-3H3/t22-/m1/s1. The third-order valence-electron chi connectivity index (χ3n) is 4.90. The highest BCUT2D eigenvalue weighted by Crippen LogP contribution is 2.28. The summed E-state index contributed by atoms with van der Waals surface area (Å²) in [5.74, 6) is 0.243. The molecule has 0 aliphatic heterocycles.